The first-order valence-corrected chi connectivity index (χ1v) is 4.89. The number of nitrogens with two attached hydrogens (primary N) is 1. The summed E-state index contributed by atoms with van der Waals surface area (Å²) < 4.78 is 0. The van der Waals surface area contributed by atoms with Crippen molar-refractivity contribution in [2.75, 3.05) is 5.73 Å². The van der Waals surface area contributed by atoms with Crippen molar-refractivity contribution in [3.63, 3.8) is 0 Å². The maximum Gasteiger partial charge on any atom is 0.262 e. The lowest BCUT2D eigenvalue weighted by molar-refractivity contribution is 1.09. The molecule has 7 heteroatoms. The molecular formula is C10H8N6O. The number of aromatic nitrogens is 5. The van der Waals surface area contributed by atoms with E-state index >= 15 is 0 Å². The van der Waals surface area contributed by atoms with Crippen LogP contribution < -0.4 is 11.3 Å². The van der Waals surface area contributed by atoms with Gasteiger partial charge >= 0.3 is 0 Å². The monoisotopic (exact) mass is 228 g/mol. The molecule has 3 heterocycles. The molecule has 0 aliphatic rings. The van der Waals surface area contributed by atoms with E-state index in [1.54, 1.807) is 18.3 Å². The van der Waals surface area contributed by atoms with E-state index in [0.29, 0.717) is 28.2 Å². The highest BCUT2D eigenvalue weighted by Crippen LogP contribution is 2.14. The first kappa shape index (κ1) is 9.52. The highest BCUT2D eigenvalue weighted by Gasteiger charge is 2.07. The molecule has 17 heavy (non-hydrogen) atoms. The Labute approximate surface area is 94.7 Å². The SMILES string of the molecule is Nc1ccc(-c2nc3[nH]ncc3c(=O)[nH]2)cn1. The van der Waals surface area contributed by atoms with E-state index in [9.17, 15) is 4.79 Å². The van der Waals surface area contributed by atoms with Crippen LogP contribution >= 0.6 is 0 Å². The normalized spacial score (nSPS) is 10.8. The van der Waals surface area contributed by atoms with E-state index in [4.69, 9.17) is 5.73 Å². The molecule has 0 saturated heterocycles. The Hall–Kier alpha value is -2.70. The van der Waals surface area contributed by atoms with Gasteiger partial charge in [0.05, 0.1) is 6.20 Å². The molecule has 0 unspecified atom stereocenters. The summed E-state index contributed by atoms with van der Waals surface area (Å²) in [4.78, 5) is 22.5. The lowest BCUT2D eigenvalue weighted by atomic mass is 10.2. The average Bonchev–Trinajstić information content (AvgIpc) is 2.78. The quantitative estimate of drug-likeness (QED) is 0.554. The molecule has 3 aromatic rings. The fourth-order valence-corrected chi connectivity index (χ4v) is 1.53. The Morgan fingerprint density at radius 1 is 1.24 bits per heavy atom. The number of H-pyrrole nitrogens is 2. The molecular weight excluding hydrogens is 220 g/mol. The third kappa shape index (κ3) is 1.53. The van der Waals surface area contributed by atoms with E-state index in [-0.39, 0.29) is 5.56 Å². The molecule has 84 valence electrons. The predicted molar refractivity (Wildman–Crippen MR) is 62.2 cm³/mol. The molecule has 0 aliphatic carbocycles. The second-order valence-electron chi connectivity index (χ2n) is 3.52. The van der Waals surface area contributed by atoms with Crippen LogP contribution in [0, 0.1) is 0 Å². The topological polar surface area (TPSA) is 113 Å². The predicted octanol–water partition coefficient (Wildman–Crippen LogP) is 0.290. The van der Waals surface area contributed by atoms with E-state index in [1.165, 1.54) is 6.20 Å². The van der Waals surface area contributed by atoms with Gasteiger partial charge in [-0.1, -0.05) is 0 Å². The van der Waals surface area contributed by atoms with E-state index in [1.807, 2.05) is 0 Å². The van der Waals surface area contributed by atoms with E-state index in [0.717, 1.165) is 0 Å². The van der Waals surface area contributed by atoms with Crippen molar-refractivity contribution in [1.82, 2.24) is 25.1 Å². The van der Waals surface area contributed by atoms with Crippen LogP contribution in [0.3, 0.4) is 0 Å². The fourth-order valence-electron chi connectivity index (χ4n) is 1.53. The summed E-state index contributed by atoms with van der Waals surface area (Å²) in [6, 6.07) is 3.38. The van der Waals surface area contributed by atoms with Gasteiger partial charge in [0.1, 0.15) is 17.0 Å². The minimum absolute atomic E-state index is 0.240. The molecule has 0 spiro atoms. The molecule has 0 aliphatic heterocycles. The third-order valence-corrected chi connectivity index (χ3v) is 2.38. The van der Waals surface area contributed by atoms with Crippen LogP contribution in [-0.4, -0.2) is 25.1 Å². The third-order valence-electron chi connectivity index (χ3n) is 2.38. The Morgan fingerprint density at radius 2 is 2.12 bits per heavy atom. The van der Waals surface area contributed by atoms with Crippen LogP contribution in [0.15, 0.2) is 29.3 Å². The van der Waals surface area contributed by atoms with Crippen LogP contribution in [-0.2, 0) is 0 Å². The van der Waals surface area contributed by atoms with E-state index in [2.05, 4.69) is 25.1 Å². The highest BCUT2D eigenvalue weighted by atomic mass is 16.1. The first-order chi connectivity index (χ1) is 8.24. The number of rotatable bonds is 1. The number of hydrogen-bond acceptors (Lipinski definition) is 5. The summed E-state index contributed by atoms with van der Waals surface area (Å²) in [5.41, 5.74) is 6.38. The Bertz CT molecular complexity index is 726. The molecule has 0 atom stereocenters. The van der Waals surface area contributed by atoms with Crippen LogP contribution in [0.25, 0.3) is 22.4 Å². The van der Waals surface area contributed by atoms with Gasteiger partial charge in [0.25, 0.3) is 5.56 Å². The number of anilines is 1. The largest absolute Gasteiger partial charge is 0.384 e. The van der Waals surface area contributed by atoms with Crippen molar-refractivity contribution >= 4 is 16.9 Å². The van der Waals surface area contributed by atoms with Gasteiger partial charge in [0.2, 0.25) is 0 Å². The van der Waals surface area contributed by atoms with E-state index < -0.39 is 0 Å². The standard InChI is InChI=1S/C10H8N6O/c11-7-2-1-5(3-12-7)8-14-9-6(4-13-16-9)10(17)15-8/h1-4H,(H2,11,12)(H2,13,14,15,16,17). The van der Waals surface area contributed by atoms with Gasteiger partial charge < -0.3 is 10.7 Å². The van der Waals surface area contributed by atoms with Crippen LogP contribution in [0.1, 0.15) is 0 Å². The van der Waals surface area contributed by atoms with Crippen LogP contribution in [0.4, 0.5) is 5.82 Å². The lowest BCUT2D eigenvalue weighted by Gasteiger charge is -2.00. The summed E-state index contributed by atoms with van der Waals surface area (Å²) in [6.45, 7) is 0. The number of nitrogens with zero attached hydrogens (tertiary/aromatic N) is 3. The minimum atomic E-state index is -0.240. The molecule has 3 rings (SSSR count). The van der Waals surface area contributed by atoms with Gasteiger partial charge in [-0.3, -0.25) is 9.89 Å². The Kier molecular flexibility index (Phi) is 1.91. The zero-order valence-corrected chi connectivity index (χ0v) is 8.64. The number of aromatic amines is 2. The lowest BCUT2D eigenvalue weighted by Crippen LogP contribution is -2.08. The van der Waals surface area contributed by atoms with Crippen molar-refractivity contribution in [2.24, 2.45) is 0 Å². The molecule has 3 aromatic heterocycles. The second-order valence-corrected chi connectivity index (χ2v) is 3.52. The van der Waals surface area contributed by atoms with Crippen molar-refractivity contribution in [3.8, 4) is 11.4 Å². The average molecular weight is 228 g/mol. The molecule has 0 saturated carbocycles. The number of nitrogens with one attached hydrogen (secondary N) is 2. The number of nitrogen functional groups attached to an aromatic ring is 1. The number of fused-ring (bicyclic) bond motifs is 1. The van der Waals surface area contributed by atoms with Gasteiger partial charge in [-0.25, -0.2) is 9.97 Å². The van der Waals surface area contributed by atoms with Gasteiger partial charge in [-0.2, -0.15) is 5.10 Å². The Balaban J connectivity index is 2.23. The summed E-state index contributed by atoms with van der Waals surface area (Å²) in [5.74, 6) is 0.845. The van der Waals surface area contributed by atoms with Crippen molar-refractivity contribution in [2.45, 2.75) is 0 Å². The molecule has 0 amide bonds. The summed E-state index contributed by atoms with van der Waals surface area (Å²) >= 11 is 0. The first-order valence-electron chi connectivity index (χ1n) is 4.89. The zero-order chi connectivity index (χ0) is 11.8. The maximum atomic E-state index is 11.7. The number of hydrogen-bond donors (Lipinski definition) is 3. The van der Waals surface area contributed by atoms with Crippen molar-refractivity contribution < 1.29 is 0 Å². The molecule has 0 fully saturated rings. The summed E-state index contributed by atoms with van der Waals surface area (Å²) in [6.07, 6.45) is 2.99. The molecule has 0 bridgehead atoms. The molecule has 0 radical (unpaired) electrons. The van der Waals surface area contributed by atoms with Crippen molar-refractivity contribution in [3.05, 3.63) is 34.9 Å². The minimum Gasteiger partial charge on any atom is -0.384 e. The molecule has 4 N–H and O–H groups in total. The maximum absolute atomic E-state index is 11.7. The van der Waals surface area contributed by atoms with Gasteiger partial charge in [-0.05, 0) is 12.1 Å². The molecule has 0 aromatic carbocycles. The smallest absolute Gasteiger partial charge is 0.262 e. The fraction of sp³-hybridized carbons (Fsp3) is 0. The number of pyridine rings is 1. The molecule has 7 nitrogen and oxygen atoms in total. The van der Waals surface area contributed by atoms with Gasteiger partial charge in [0.15, 0.2) is 5.65 Å². The van der Waals surface area contributed by atoms with Crippen LogP contribution in [0.2, 0.25) is 0 Å². The second kappa shape index (κ2) is 3.41. The van der Waals surface area contributed by atoms with Gasteiger partial charge in [-0.15, -0.1) is 0 Å². The summed E-state index contributed by atoms with van der Waals surface area (Å²) in [7, 11) is 0. The Morgan fingerprint density at radius 3 is 2.88 bits per heavy atom. The zero-order valence-electron chi connectivity index (χ0n) is 8.64. The summed E-state index contributed by atoms with van der Waals surface area (Å²) in [5, 5.41) is 6.85. The van der Waals surface area contributed by atoms with Crippen molar-refractivity contribution in [1.29, 1.82) is 0 Å². The highest BCUT2D eigenvalue weighted by molar-refractivity contribution is 5.74. The van der Waals surface area contributed by atoms with Crippen LogP contribution in [0.5, 0.6) is 0 Å². The van der Waals surface area contributed by atoms with Gasteiger partial charge in [0, 0.05) is 11.8 Å².